The molecule has 2 aromatic rings. The summed E-state index contributed by atoms with van der Waals surface area (Å²) in [6.45, 7) is 3.62. The van der Waals surface area contributed by atoms with E-state index in [9.17, 15) is 0 Å². The summed E-state index contributed by atoms with van der Waals surface area (Å²) in [5.74, 6) is 0. The van der Waals surface area contributed by atoms with Gasteiger partial charge in [0.2, 0.25) is 0 Å². The van der Waals surface area contributed by atoms with Gasteiger partial charge in [0.05, 0.1) is 23.4 Å². The van der Waals surface area contributed by atoms with E-state index in [0.29, 0.717) is 6.54 Å². The molecule has 0 bridgehead atoms. The Morgan fingerprint density at radius 3 is 2.79 bits per heavy atom. The Morgan fingerprint density at radius 1 is 1.42 bits per heavy atom. The van der Waals surface area contributed by atoms with E-state index in [-0.39, 0.29) is 0 Å². The quantitative estimate of drug-likeness (QED) is 0.908. The van der Waals surface area contributed by atoms with Crippen LogP contribution in [-0.2, 0) is 13.0 Å². The number of benzene rings is 1. The van der Waals surface area contributed by atoms with E-state index in [4.69, 9.17) is 5.73 Å². The number of hydrogen-bond donors (Lipinski definition) is 1. The molecule has 0 atom stereocenters. The van der Waals surface area contributed by atoms with Crippen LogP contribution in [0.25, 0.3) is 0 Å². The predicted octanol–water partition coefficient (Wildman–Crippen LogP) is 3.35. The van der Waals surface area contributed by atoms with Crippen LogP contribution in [0.5, 0.6) is 0 Å². The molecule has 3 nitrogen and oxygen atoms in total. The first-order valence-corrected chi connectivity index (χ1v) is 7.87. The Balaban J connectivity index is 2.15. The normalized spacial score (nSPS) is 10.7. The predicted molar refractivity (Wildman–Crippen MR) is 85.9 cm³/mol. The number of halogens is 1. The number of aromatic nitrogens is 1. The van der Waals surface area contributed by atoms with Crippen LogP contribution in [-0.4, -0.2) is 18.6 Å². The fraction of sp³-hybridized carbons (Fsp3) is 0.357. The molecule has 0 fully saturated rings. The summed E-state index contributed by atoms with van der Waals surface area (Å²) in [7, 11) is 2.10. The zero-order valence-electron chi connectivity index (χ0n) is 11.2. The zero-order chi connectivity index (χ0) is 13.8. The molecule has 0 unspecified atom stereocenters. The van der Waals surface area contributed by atoms with Gasteiger partial charge >= 0.3 is 0 Å². The second-order valence-electron chi connectivity index (χ2n) is 4.54. The van der Waals surface area contributed by atoms with E-state index >= 15 is 0 Å². The molecule has 0 radical (unpaired) electrons. The van der Waals surface area contributed by atoms with Crippen molar-refractivity contribution >= 4 is 33.0 Å². The lowest BCUT2D eigenvalue weighted by Gasteiger charge is -2.21. The second kappa shape index (κ2) is 6.50. The molecule has 0 aliphatic heterocycles. The maximum absolute atomic E-state index is 5.58. The molecule has 102 valence electrons. The maximum atomic E-state index is 5.58. The molecule has 0 spiro atoms. The standard InChI is InChI=1S/C14H18BrN3S/c1-10-14(19-9-17-10)8-18(2)13-4-3-11(5-6-16)7-12(13)15/h3-4,7,9H,5-6,8,16H2,1-2H3. The largest absolute Gasteiger partial charge is 0.368 e. The molecule has 1 aromatic carbocycles. The van der Waals surface area contributed by atoms with E-state index in [2.05, 4.69) is 58.0 Å². The van der Waals surface area contributed by atoms with Crippen molar-refractivity contribution in [3.8, 4) is 0 Å². The van der Waals surface area contributed by atoms with E-state index < -0.39 is 0 Å². The lowest BCUT2D eigenvalue weighted by atomic mass is 10.1. The number of nitrogens with two attached hydrogens (primary N) is 1. The number of thiazole rings is 1. The van der Waals surface area contributed by atoms with Crippen LogP contribution in [0, 0.1) is 6.92 Å². The minimum Gasteiger partial charge on any atom is -0.368 e. The van der Waals surface area contributed by atoms with Crippen LogP contribution in [0.3, 0.4) is 0 Å². The average molecular weight is 340 g/mol. The lowest BCUT2D eigenvalue weighted by molar-refractivity contribution is 0.918. The molecule has 1 aromatic heterocycles. The summed E-state index contributed by atoms with van der Waals surface area (Å²) in [4.78, 5) is 7.83. The van der Waals surface area contributed by atoms with Crippen LogP contribution in [0.2, 0.25) is 0 Å². The smallest absolute Gasteiger partial charge is 0.0798 e. The summed E-state index contributed by atoms with van der Waals surface area (Å²) in [6, 6.07) is 6.44. The van der Waals surface area contributed by atoms with Crippen molar-refractivity contribution in [2.75, 3.05) is 18.5 Å². The fourth-order valence-corrected chi connectivity index (χ4v) is 3.52. The lowest BCUT2D eigenvalue weighted by Crippen LogP contribution is -2.17. The zero-order valence-corrected chi connectivity index (χ0v) is 13.6. The van der Waals surface area contributed by atoms with Gasteiger partial charge in [0.25, 0.3) is 0 Å². The summed E-state index contributed by atoms with van der Waals surface area (Å²) in [5.41, 5.74) is 11.1. The highest BCUT2D eigenvalue weighted by Crippen LogP contribution is 2.28. The van der Waals surface area contributed by atoms with Crippen LogP contribution < -0.4 is 10.6 Å². The highest BCUT2D eigenvalue weighted by molar-refractivity contribution is 9.10. The summed E-state index contributed by atoms with van der Waals surface area (Å²) < 4.78 is 1.11. The Kier molecular flexibility index (Phi) is 4.96. The molecule has 0 amide bonds. The highest BCUT2D eigenvalue weighted by atomic mass is 79.9. The Bertz CT molecular complexity index is 553. The number of hydrogen-bond acceptors (Lipinski definition) is 4. The van der Waals surface area contributed by atoms with E-state index in [1.54, 1.807) is 11.3 Å². The monoisotopic (exact) mass is 339 g/mol. The van der Waals surface area contributed by atoms with E-state index in [1.165, 1.54) is 16.1 Å². The summed E-state index contributed by atoms with van der Waals surface area (Å²) in [5, 5.41) is 0. The third kappa shape index (κ3) is 3.55. The van der Waals surface area contributed by atoms with Gasteiger partial charge in [-0.05, 0) is 53.5 Å². The van der Waals surface area contributed by atoms with Gasteiger partial charge in [-0.15, -0.1) is 11.3 Å². The van der Waals surface area contributed by atoms with Crippen LogP contribution in [0.1, 0.15) is 16.1 Å². The molecule has 19 heavy (non-hydrogen) atoms. The molecule has 0 saturated carbocycles. The third-order valence-electron chi connectivity index (χ3n) is 3.08. The third-order valence-corrected chi connectivity index (χ3v) is 4.64. The average Bonchev–Trinajstić information content (AvgIpc) is 2.75. The molecule has 2 rings (SSSR count). The Morgan fingerprint density at radius 2 is 2.21 bits per heavy atom. The Hall–Kier alpha value is -0.910. The first-order chi connectivity index (χ1) is 9.11. The van der Waals surface area contributed by atoms with Crippen molar-refractivity contribution in [1.29, 1.82) is 0 Å². The van der Waals surface area contributed by atoms with E-state index in [1.807, 2.05) is 5.51 Å². The van der Waals surface area contributed by atoms with Crippen molar-refractivity contribution in [2.45, 2.75) is 19.9 Å². The topological polar surface area (TPSA) is 42.2 Å². The Labute approximate surface area is 126 Å². The second-order valence-corrected chi connectivity index (χ2v) is 6.34. The van der Waals surface area contributed by atoms with Crippen LogP contribution >= 0.6 is 27.3 Å². The highest BCUT2D eigenvalue weighted by Gasteiger charge is 2.10. The van der Waals surface area contributed by atoms with Gasteiger partial charge in [0, 0.05) is 16.4 Å². The van der Waals surface area contributed by atoms with Crippen molar-refractivity contribution in [2.24, 2.45) is 5.73 Å². The molecule has 0 saturated heterocycles. The van der Waals surface area contributed by atoms with Crippen molar-refractivity contribution < 1.29 is 0 Å². The number of nitrogens with zero attached hydrogens (tertiary/aromatic N) is 2. The van der Waals surface area contributed by atoms with Crippen LogP contribution in [0.4, 0.5) is 5.69 Å². The molecule has 0 aliphatic rings. The number of aryl methyl sites for hydroxylation is 1. The van der Waals surface area contributed by atoms with E-state index in [0.717, 1.165) is 23.1 Å². The first-order valence-electron chi connectivity index (χ1n) is 6.20. The number of rotatable bonds is 5. The van der Waals surface area contributed by atoms with Gasteiger partial charge in [-0.1, -0.05) is 6.07 Å². The molecular formula is C14H18BrN3S. The molecule has 5 heteroatoms. The van der Waals surface area contributed by atoms with Crippen molar-refractivity contribution in [3.05, 3.63) is 44.3 Å². The van der Waals surface area contributed by atoms with Gasteiger partial charge in [-0.25, -0.2) is 4.98 Å². The molecular weight excluding hydrogens is 322 g/mol. The maximum Gasteiger partial charge on any atom is 0.0798 e. The van der Waals surface area contributed by atoms with Crippen molar-refractivity contribution in [1.82, 2.24) is 4.98 Å². The summed E-state index contributed by atoms with van der Waals surface area (Å²) >= 11 is 5.35. The number of anilines is 1. The fourth-order valence-electron chi connectivity index (χ4n) is 1.96. The van der Waals surface area contributed by atoms with Gasteiger partial charge in [0.1, 0.15) is 0 Å². The SMILES string of the molecule is Cc1ncsc1CN(C)c1ccc(CCN)cc1Br. The minimum atomic E-state index is 0.682. The van der Waals surface area contributed by atoms with Gasteiger partial charge < -0.3 is 10.6 Å². The first kappa shape index (κ1) is 14.5. The van der Waals surface area contributed by atoms with Gasteiger partial charge in [-0.2, -0.15) is 0 Å². The van der Waals surface area contributed by atoms with Crippen molar-refractivity contribution in [3.63, 3.8) is 0 Å². The summed E-state index contributed by atoms with van der Waals surface area (Å²) in [6.07, 6.45) is 0.913. The molecule has 0 aliphatic carbocycles. The molecule has 1 heterocycles. The van der Waals surface area contributed by atoms with Gasteiger partial charge in [-0.3, -0.25) is 0 Å². The minimum absolute atomic E-state index is 0.682. The van der Waals surface area contributed by atoms with Gasteiger partial charge in [0.15, 0.2) is 0 Å². The molecule has 2 N–H and O–H groups in total. The van der Waals surface area contributed by atoms with Crippen LogP contribution in [0.15, 0.2) is 28.2 Å².